The topological polar surface area (TPSA) is 113 Å². The highest BCUT2D eigenvalue weighted by atomic mass is 16.3. The van der Waals surface area contributed by atoms with Crippen LogP contribution in [0.3, 0.4) is 0 Å². The third-order valence-electron chi connectivity index (χ3n) is 3.75. The van der Waals surface area contributed by atoms with Crippen molar-refractivity contribution in [2.75, 3.05) is 11.1 Å². The molecule has 0 bridgehead atoms. The van der Waals surface area contributed by atoms with Crippen LogP contribution in [-0.2, 0) is 0 Å². The van der Waals surface area contributed by atoms with E-state index in [1.807, 2.05) is 13.8 Å². The molecule has 0 fully saturated rings. The van der Waals surface area contributed by atoms with Gasteiger partial charge in [0.2, 0.25) is 5.78 Å². The lowest BCUT2D eigenvalue weighted by molar-refractivity contribution is 0.0975. The van der Waals surface area contributed by atoms with Crippen molar-refractivity contribution in [2.45, 2.75) is 19.9 Å². The Hall–Kier alpha value is -3.02. The number of carbonyl (C=O) groups excluding carboxylic acids is 2. The fourth-order valence-electron chi connectivity index (χ4n) is 2.82. The molecule has 0 heterocycles. The number of carbonyl (C=O) groups is 2. The lowest BCUT2D eigenvalue weighted by Crippen LogP contribution is -2.25. The van der Waals surface area contributed by atoms with Crippen molar-refractivity contribution in [3.05, 3.63) is 46.5 Å². The second kappa shape index (κ2) is 5.01. The minimum absolute atomic E-state index is 0.0227. The average molecular weight is 312 g/mol. The lowest BCUT2D eigenvalue weighted by atomic mass is 9.81. The molecule has 118 valence electrons. The van der Waals surface area contributed by atoms with E-state index in [4.69, 9.17) is 5.73 Å². The lowest BCUT2D eigenvalue weighted by Gasteiger charge is -2.24. The maximum absolute atomic E-state index is 12.9. The van der Waals surface area contributed by atoms with Crippen LogP contribution < -0.4 is 11.1 Å². The second-order valence-corrected chi connectivity index (χ2v) is 5.76. The van der Waals surface area contributed by atoms with Crippen molar-refractivity contribution in [3.8, 4) is 11.5 Å². The molecule has 0 unspecified atom stereocenters. The molecular weight excluding hydrogens is 296 g/mol. The molecule has 0 saturated heterocycles. The predicted octanol–water partition coefficient (Wildman–Crippen LogP) is 2.28. The van der Waals surface area contributed by atoms with Gasteiger partial charge in [0.15, 0.2) is 5.78 Å². The van der Waals surface area contributed by atoms with Crippen LogP contribution in [0.15, 0.2) is 24.3 Å². The summed E-state index contributed by atoms with van der Waals surface area (Å²) >= 11 is 0. The van der Waals surface area contributed by atoms with E-state index in [0.29, 0.717) is 5.69 Å². The number of nitrogens with two attached hydrogens (primary N) is 1. The highest BCUT2D eigenvalue weighted by Gasteiger charge is 2.37. The van der Waals surface area contributed by atoms with Gasteiger partial charge in [-0.1, -0.05) is 0 Å². The molecule has 1 aliphatic rings. The molecule has 23 heavy (non-hydrogen) atoms. The number of aromatic hydroxyl groups is 2. The van der Waals surface area contributed by atoms with Crippen molar-refractivity contribution in [1.82, 2.24) is 0 Å². The molecule has 0 aliphatic heterocycles. The molecule has 6 nitrogen and oxygen atoms in total. The number of nitrogens with one attached hydrogen (secondary N) is 1. The van der Waals surface area contributed by atoms with Crippen LogP contribution in [0.4, 0.5) is 11.4 Å². The van der Waals surface area contributed by atoms with E-state index in [1.165, 1.54) is 18.2 Å². The summed E-state index contributed by atoms with van der Waals surface area (Å²) in [6.45, 7) is 3.78. The Morgan fingerprint density at radius 1 is 0.870 bits per heavy atom. The Kier molecular flexibility index (Phi) is 3.25. The summed E-state index contributed by atoms with van der Waals surface area (Å²) in [4.78, 5) is 25.6. The second-order valence-electron chi connectivity index (χ2n) is 5.76. The van der Waals surface area contributed by atoms with E-state index in [-0.39, 0.29) is 45.5 Å². The summed E-state index contributed by atoms with van der Waals surface area (Å²) in [6.07, 6.45) is 0. The van der Waals surface area contributed by atoms with Gasteiger partial charge in [-0.05, 0) is 38.1 Å². The largest absolute Gasteiger partial charge is 0.507 e. The number of phenolic OH excluding ortho intramolecular Hbond substituents is 2. The minimum atomic E-state index is -0.621. The molecule has 0 amide bonds. The van der Waals surface area contributed by atoms with Gasteiger partial charge >= 0.3 is 0 Å². The maximum Gasteiger partial charge on any atom is 0.202 e. The normalized spacial score (nSPS) is 13.0. The third kappa shape index (κ3) is 2.11. The Labute approximate surface area is 132 Å². The predicted molar refractivity (Wildman–Crippen MR) is 86.2 cm³/mol. The van der Waals surface area contributed by atoms with Gasteiger partial charge in [-0.2, -0.15) is 0 Å². The fraction of sp³-hybridized carbons (Fsp3) is 0.176. The molecule has 2 aromatic carbocycles. The maximum atomic E-state index is 12.9. The van der Waals surface area contributed by atoms with E-state index in [9.17, 15) is 19.8 Å². The number of phenols is 2. The highest BCUT2D eigenvalue weighted by molar-refractivity contribution is 6.33. The van der Waals surface area contributed by atoms with E-state index >= 15 is 0 Å². The molecule has 0 atom stereocenters. The van der Waals surface area contributed by atoms with Gasteiger partial charge < -0.3 is 21.3 Å². The first-order valence-electron chi connectivity index (χ1n) is 7.16. The van der Waals surface area contributed by atoms with E-state index in [0.717, 1.165) is 0 Å². The van der Waals surface area contributed by atoms with Crippen LogP contribution in [0.1, 0.15) is 45.7 Å². The molecule has 6 heteroatoms. The summed E-state index contributed by atoms with van der Waals surface area (Å²) in [5, 5.41) is 23.1. The quantitative estimate of drug-likeness (QED) is 0.426. The summed E-state index contributed by atoms with van der Waals surface area (Å²) < 4.78 is 0. The Morgan fingerprint density at radius 3 is 2.00 bits per heavy atom. The van der Waals surface area contributed by atoms with Crippen molar-refractivity contribution >= 4 is 22.9 Å². The van der Waals surface area contributed by atoms with E-state index in [2.05, 4.69) is 5.32 Å². The van der Waals surface area contributed by atoms with E-state index in [1.54, 1.807) is 6.07 Å². The summed E-state index contributed by atoms with van der Waals surface area (Å²) in [5.41, 5.74) is 6.16. The Balaban J connectivity index is 2.35. The molecule has 5 N–H and O–H groups in total. The first-order chi connectivity index (χ1) is 10.8. The van der Waals surface area contributed by atoms with Crippen molar-refractivity contribution in [3.63, 3.8) is 0 Å². The van der Waals surface area contributed by atoms with Crippen LogP contribution in [0.25, 0.3) is 0 Å². The molecule has 0 aromatic heterocycles. The number of hydrogen-bond acceptors (Lipinski definition) is 6. The van der Waals surface area contributed by atoms with Gasteiger partial charge in [-0.15, -0.1) is 0 Å². The third-order valence-corrected chi connectivity index (χ3v) is 3.75. The van der Waals surface area contributed by atoms with Gasteiger partial charge in [0.25, 0.3) is 0 Å². The number of anilines is 2. The van der Waals surface area contributed by atoms with Gasteiger partial charge in [0.05, 0.1) is 22.3 Å². The van der Waals surface area contributed by atoms with E-state index < -0.39 is 11.6 Å². The van der Waals surface area contributed by atoms with Crippen LogP contribution in [0.5, 0.6) is 11.5 Å². The first kappa shape index (κ1) is 14.9. The molecule has 2 aromatic rings. The van der Waals surface area contributed by atoms with Gasteiger partial charge in [-0.3, -0.25) is 9.59 Å². The molecule has 0 spiro atoms. The number of hydrogen-bond donors (Lipinski definition) is 4. The molecular formula is C17H16N2O4. The van der Waals surface area contributed by atoms with Crippen molar-refractivity contribution in [2.24, 2.45) is 0 Å². The summed E-state index contributed by atoms with van der Waals surface area (Å²) in [6, 6.07) is 5.56. The van der Waals surface area contributed by atoms with Gasteiger partial charge in [-0.25, -0.2) is 0 Å². The zero-order chi connectivity index (χ0) is 16.9. The van der Waals surface area contributed by atoms with Crippen LogP contribution in [0.2, 0.25) is 0 Å². The van der Waals surface area contributed by atoms with Gasteiger partial charge in [0.1, 0.15) is 11.5 Å². The molecule has 0 radical (unpaired) electrons. The highest BCUT2D eigenvalue weighted by Crippen LogP contribution is 2.41. The zero-order valence-electron chi connectivity index (χ0n) is 12.7. The summed E-state index contributed by atoms with van der Waals surface area (Å²) in [7, 11) is 0. The van der Waals surface area contributed by atoms with Crippen LogP contribution in [0, 0.1) is 0 Å². The van der Waals surface area contributed by atoms with Crippen LogP contribution in [-0.4, -0.2) is 27.8 Å². The van der Waals surface area contributed by atoms with Crippen molar-refractivity contribution in [1.29, 1.82) is 0 Å². The minimum Gasteiger partial charge on any atom is -0.507 e. The molecule has 0 saturated carbocycles. The zero-order valence-corrected chi connectivity index (χ0v) is 12.7. The number of rotatable bonds is 2. The smallest absolute Gasteiger partial charge is 0.202 e. The fourth-order valence-corrected chi connectivity index (χ4v) is 2.82. The van der Waals surface area contributed by atoms with Crippen LogP contribution >= 0.6 is 0 Å². The Morgan fingerprint density at radius 2 is 1.39 bits per heavy atom. The average Bonchev–Trinajstić information content (AvgIpc) is 2.48. The number of nitrogen functional groups attached to an aromatic ring is 1. The first-order valence-corrected chi connectivity index (χ1v) is 7.16. The number of benzene rings is 2. The standard InChI is InChI=1S/C17H16N2O4/c1-7(2)19-9-4-6-11(21)15-13(9)16(22)12-8(18)3-5-10(20)14(12)17(15)23/h3-7,19-21H,18H2,1-2H3. The van der Waals surface area contributed by atoms with Crippen molar-refractivity contribution < 1.29 is 19.8 Å². The van der Waals surface area contributed by atoms with Gasteiger partial charge in [0, 0.05) is 17.4 Å². The molecule has 3 rings (SSSR count). The number of ketones is 2. The Bertz CT molecular complexity index is 856. The monoisotopic (exact) mass is 312 g/mol. The molecule has 1 aliphatic carbocycles. The number of fused-ring (bicyclic) bond motifs is 2. The SMILES string of the molecule is CC(C)Nc1ccc(O)c2c1C(=O)c1c(N)ccc(O)c1C2=O. The summed E-state index contributed by atoms with van der Waals surface area (Å²) in [5.74, 6) is -1.76.